The van der Waals surface area contributed by atoms with E-state index in [4.69, 9.17) is 0 Å². The van der Waals surface area contributed by atoms with Gasteiger partial charge in [0.15, 0.2) is 6.20 Å². The van der Waals surface area contributed by atoms with Crippen molar-refractivity contribution in [3.05, 3.63) is 71.9 Å². The van der Waals surface area contributed by atoms with Crippen LogP contribution in [0.15, 0.2) is 60.8 Å². The summed E-state index contributed by atoms with van der Waals surface area (Å²) >= 11 is 0. The molecule has 2 aromatic heterocycles. The first-order valence-electron chi connectivity index (χ1n) is 7.60. The summed E-state index contributed by atoms with van der Waals surface area (Å²) in [6, 6.07) is 19.3. The van der Waals surface area contributed by atoms with Gasteiger partial charge in [-0.3, -0.25) is 0 Å². The highest BCUT2D eigenvalue weighted by molar-refractivity contribution is 5.65. The van der Waals surface area contributed by atoms with Crippen LogP contribution in [0, 0.1) is 13.8 Å². The normalized spacial score (nSPS) is 10.7. The van der Waals surface area contributed by atoms with Gasteiger partial charge in [0, 0.05) is 29.3 Å². The molecule has 0 radical (unpaired) electrons. The molecule has 0 atom stereocenters. The van der Waals surface area contributed by atoms with Crippen molar-refractivity contribution in [2.45, 2.75) is 13.8 Å². The Labute approximate surface area is 132 Å². The molecule has 0 bridgehead atoms. The second-order valence-electron chi connectivity index (χ2n) is 5.82. The second-order valence-corrected chi connectivity index (χ2v) is 5.82. The van der Waals surface area contributed by atoms with Crippen LogP contribution < -0.4 is 9.13 Å². The van der Waals surface area contributed by atoms with Gasteiger partial charge in [0.2, 0.25) is 5.69 Å². The van der Waals surface area contributed by atoms with Gasteiger partial charge >= 0.3 is 0 Å². The van der Waals surface area contributed by atoms with Crippen LogP contribution in [0.1, 0.15) is 11.1 Å². The minimum atomic E-state index is 1.21. The Kier molecular flexibility index (Phi) is 3.76. The van der Waals surface area contributed by atoms with Gasteiger partial charge in [-0.05, 0) is 37.6 Å². The average molecular weight is 290 g/mol. The molecule has 2 heteroatoms. The molecule has 110 valence electrons. The van der Waals surface area contributed by atoms with Gasteiger partial charge in [0.05, 0.1) is 0 Å². The lowest BCUT2D eigenvalue weighted by atomic mass is 10.0. The molecule has 0 aliphatic rings. The first-order valence-corrected chi connectivity index (χ1v) is 7.60. The van der Waals surface area contributed by atoms with E-state index in [1.54, 1.807) is 0 Å². The Balaban J connectivity index is 2.28. The second kappa shape index (κ2) is 5.72. The minimum absolute atomic E-state index is 1.21. The van der Waals surface area contributed by atoms with E-state index in [0.717, 1.165) is 0 Å². The van der Waals surface area contributed by atoms with E-state index < -0.39 is 0 Å². The Morgan fingerprint density at radius 1 is 0.682 bits per heavy atom. The topological polar surface area (TPSA) is 7.76 Å². The van der Waals surface area contributed by atoms with Crippen molar-refractivity contribution in [3.8, 4) is 22.6 Å². The summed E-state index contributed by atoms with van der Waals surface area (Å²) < 4.78 is 4.46. The maximum absolute atomic E-state index is 2.30. The van der Waals surface area contributed by atoms with Gasteiger partial charge in [-0.25, -0.2) is 0 Å². The zero-order valence-electron chi connectivity index (χ0n) is 13.7. The number of pyridine rings is 2. The SMILES string of the molecule is Cc1ccccc1-c1c(C)ccc(-c2cccc[n+]2C)[n+]1C. The van der Waals surface area contributed by atoms with Crippen molar-refractivity contribution in [3.63, 3.8) is 0 Å². The molecule has 3 rings (SSSR count). The zero-order chi connectivity index (χ0) is 15.7. The van der Waals surface area contributed by atoms with Crippen LogP contribution in [-0.4, -0.2) is 0 Å². The lowest BCUT2D eigenvalue weighted by Crippen LogP contribution is -2.40. The summed E-state index contributed by atoms with van der Waals surface area (Å²) in [7, 11) is 4.24. The standard InChI is InChI=1S/C20H22N2/c1-15-9-5-6-10-17(15)20-16(2)12-13-19(22(20)4)18-11-7-8-14-21(18)3/h5-14H,1-4H3/q+2. The molecule has 0 aliphatic carbocycles. The Morgan fingerprint density at radius 2 is 1.41 bits per heavy atom. The number of rotatable bonds is 2. The lowest BCUT2D eigenvalue weighted by molar-refractivity contribution is -0.685. The minimum Gasteiger partial charge on any atom is -0.196 e. The van der Waals surface area contributed by atoms with Crippen LogP contribution in [0.2, 0.25) is 0 Å². The van der Waals surface area contributed by atoms with E-state index in [1.165, 1.54) is 33.8 Å². The predicted octanol–water partition coefficient (Wildman–Crippen LogP) is 3.29. The maximum Gasteiger partial charge on any atom is 0.277 e. The fourth-order valence-electron chi connectivity index (χ4n) is 3.06. The van der Waals surface area contributed by atoms with Crippen molar-refractivity contribution >= 4 is 0 Å². The first kappa shape index (κ1) is 14.5. The molecule has 2 nitrogen and oxygen atoms in total. The molecule has 0 spiro atoms. The molecule has 0 aliphatic heterocycles. The van der Waals surface area contributed by atoms with Gasteiger partial charge < -0.3 is 0 Å². The number of aryl methyl sites for hydroxylation is 3. The fourth-order valence-corrected chi connectivity index (χ4v) is 3.06. The number of hydrogen-bond acceptors (Lipinski definition) is 0. The van der Waals surface area contributed by atoms with Crippen LogP contribution >= 0.6 is 0 Å². The van der Waals surface area contributed by atoms with E-state index in [9.17, 15) is 0 Å². The summed E-state index contributed by atoms with van der Waals surface area (Å²) in [5.74, 6) is 0. The highest BCUT2D eigenvalue weighted by atomic mass is 15.0. The van der Waals surface area contributed by atoms with Crippen molar-refractivity contribution < 1.29 is 9.13 Å². The van der Waals surface area contributed by atoms with Gasteiger partial charge in [0.1, 0.15) is 14.1 Å². The quantitative estimate of drug-likeness (QED) is 0.640. The molecule has 1 aromatic carbocycles. The third-order valence-corrected chi connectivity index (χ3v) is 4.28. The number of benzene rings is 1. The van der Waals surface area contributed by atoms with E-state index in [2.05, 4.69) is 97.9 Å². The molecule has 0 saturated carbocycles. The van der Waals surface area contributed by atoms with Crippen molar-refractivity contribution in [2.75, 3.05) is 0 Å². The van der Waals surface area contributed by atoms with Crippen LogP contribution in [0.4, 0.5) is 0 Å². The van der Waals surface area contributed by atoms with Crippen LogP contribution in [0.3, 0.4) is 0 Å². The van der Waals surface area contributed by atoms with Crippen LogP contribution in [0.5, 0.6) is 0 Å². The Morgan fingerprint density at radius 3 is 2.14 bits per heavy atom. The van der Waals surface area contributed by atoms with E-state index in [-0.39, 0.29) is 0 Å². The highest BCUT2D eigenvalue weighted by Gasteiger charge is 2.24. The summed E-state index contributed by atoms with van der Waals surface area (Å²) in [6.07, 6.45) is 2.09. The van der Waals surface area contributed by atoms with Crippen molar-refractivity contribution in [1.29, 1.82) is 0 Å². The van der Waals surface area contributed by atoms with E-state index >= 15 is 0 Å². The van der Waals surface area contributed by atoms with Gasteiger partial charge in [-0.15, -0.1) is 0 Å². The fraction of sp³-hybridized carbons (Fsp3) is 0.200. The molecule has 0 saturated heterocycles. The summed E-state index contributed by atoms with van der Waals surface area (Å²) in [4.78, 5) is 0. The zero-order valence-corrected chi connectivity index (χ0v) is 13.7. The number of aromatic nitrogens is 2. The van der Waals surface area contributed by atoms with Gasteiger partial charge in [-0.1, -0.05) is 18.2 Å². The third-order valence-electron chi connectivity index (χ3n) is 4.28. The highest BCUT2D eigenvalue weighted by Crippen LogP contribution is 2.25. The third kappa shape index (κ3) is 2.41. The smallest absolute Gasteiger partial charge is 0.196 e. The molecule has 0 N–H and O–H groups in total. The number of hydrogen-bond donors (Lipinski definition) is 0. The predicted molar refractivity (Wildman–Crippen MR) is 89.1 cm³/mol. The molecule has 0 unspecified atom stereocenters. The van der Waals surface area contributed by atoms with Gasteiger partial charge in [0.25, 0.3) is 11.4 Å². The molecule has 0 amide bonds. The molecule has 22 heavy (non-hydrogen) atoms. The average Bonchev–Trinajstić information content (AvgIpc) is 2.50. The van der Waals surface area contributed by atoms with E-state index in [1.807, 2.05) is 0 Å². The molecular weight excluding hydrogens is 268 g/mol. The first-order chi connectivity index (χ1) is 10.6. The Bertz CT molecular complexity index is 835. The molecule has 2 heterocycles. The maximum atomic E-state index is 2.30. The number of nitrogens with zero attached hydrogens (tertiary/aromatic N) is 2. The summed E-state index contributed by atoms with van der Waals surface area (Å²) in [5.41, 5.74) is 7.59. The summed E-state index contributed by atoms with van der Waals surface area (Å²) in [5, 5.41) is 0. The van der Waals surface area contributed by atoms with Crippen molar-refractivity contribution in [1.82, 2.24) is 0 Å². The van der Waals surface area contributed by atoms with Gasteiger partial charge in [-0.2, -0.15) is 9.13 Å². The monoisotopic (exact) mass is 290 g/mol. The lowest BCUT2D eigenvalue weighted by Gasteiger charge is -2.09. The summed E-state index contributed by atoms with van der Waals surface area (Å²) in [6.45, 7) is 4.35. The molecular formula is C20H22N2+2. The van der Waals surface area contributed by atoms with E-state index in [0.29, 0.717) is 0 Å². The van der Waals surface area contributed by atoms with Crippen LogP contribution in [-0.2, 0) is 14.1 Å². The molecule has 3 aromatic rings. The Hall–Kier alpha value is -2.48. The van der Waals surface area contributed by atoms with Crippen LogP contribution in [0.25, 0.3) is 22.6 Å². The largest absolute Gasteiger partial charge is 0.277 e. The molecule has 0 fully saturated rings. The van der Waals surface area contributed by atoms with Crippen molar-refractivity contribution in [2.24, 2.45) is 14.1 Å².